The first-order chi connectivity index (χ1) is 8.24. The third-order valence-electron chi connectivity index (χ3n) is 3.90. The summed E-state index contributed by atoms with van der Waals surface area (Å²) in [6.45, 7) is 2.26. The predicted molar refractivity (Wildman–Crippen MR) is 68.2 cm³/mol. The van der Waals surface area contributed by atoms with Crippen LogP contribution in [-0.2, 0) is 4.74 Å². The molecule has 1 saturated carbocycles. The predicted octanol–water partition coefficient (Wildman–Crippen LogP) is 3.77. The molecule has 1 aliphatic rings. The van der Waals surface area contributed by atoms with Crippen molar-refractivity contribution in [3.63, 3.8) is 0 Å². The number of carbonyl (C=O) groups excluding carboxylic acids is 1. The van der Waals surface area contributed by atoms with Crippen LogP contribution in [0.25, 0.3) is 0 Å². The number of benzene rings is 1. The summed E-state index contributed by atoms with van der Waals surface area (Å²) >= 11 is 0. The Morgan fingerprint density at radius 1 is 1.41 bits per heavy atom. The molecule has 1 aromatic rings. The third-order valence-corrected chi connectivity index (χ3v) is 3.90. The van der Waals surface area contributed by atoms with Crippen molar-refractivity contribution in [1.29, 1.82) is 0 Å². The lowest BCUT2D eigenvalue weighted by atomic mass is 9.94. The van der Waals surface area contributed by atoms with E-state index >= 15 is 0 Å². The van der Waals surface area contributed by atoms with E-state index in [0.717, 1.165) is 5.92 Å². The normalized spacial score (nSPS) is 23.6. The summed E-state index contributed by atoms with van der Waals surface area (Å²) in [5.74, 6) is 1.25. The maximum absolute atomic E-state index is 11.5. The lowest BCUT2D eigenvalue weighted by molar-refractivity contribution is 0.0600. The van der Waals surface area contributed by atoms with Crippen LogP contribution >= 0.6 is 0 Å². The van der Waals surface area contributed by atoms with Crippen LogP contribution in [0.15, 0.2) is 24.3 Å². The van der Waals surface area contributed by atoms with Crippen molar-refractivity contribution in [2.75, 3.05) is 7.11 Å². The van der Waals surface area contributed by atoms with Gasteiger partial charge in [-0.3, -0.25) is 0 Å². The highest BCUT2D eigenvalue weighted by Gasteiger charge is 2.24. The van der Waals surface area contributed by atoms with E-state index < -0.39 is 0 Å². The Morgan fingerprint density at radius 3 is 2.88 bits per heavy atom. The molecule has 2 rings (SSSR count). The molecule has 0 radical (unpaired) electrons. The van der Waals surface area contributed by atoms with Crippen molar-refractivity contribution < 1.29 is 9.53 Å². The van der Waals surface area contributed by atoms with Crippen molar-refractivity contribution in [3.8, 4) is 0 Å². The molecule has 0 spiro atoms. The first kappa shape index (κ1) is 12.2. The van der Waals surface area contributed by atoms with Crippen molar-refractivity contribution in [2.45, 2.75) is 38.5 Å². The van der Waals surface area contributed by atoms with Crippen LogP contribution in [0.2, 0.25) is 0 Å². The molecule has 0 N–H and O–H groups in total. The Kier molecular flexibility index (Phi) is 3.82. The molecule has 0 aliphatic heterocycles. The van der Waals surface area contributed by atoms with Crippen LogP contribution in [0.4, 0.5) is 0 Å². The molecule has 1 fully saturated rings. The maximum Gasteiger partial charge on any atom is 0.337 e. The van der Waals surface area contributed by atoms with Crippen molar-refractivity contribution in [1.82, 2.24) is 0 Å². The molecule has 0 bridgehead atoms. The van der Waals surface area contributed by atoms with E-state index in [-0.39, 0.29) is 5.97 Å². The lowest BCUT2D eigenvalue weighted by Crippen LogP contribution is -2.03. The van der Waals surface area contributed by atoms with Gasteiger partial charge in [0.25, 0.3) is 0 Å². The van der Waals surface area contributed by atoms with Gasteiger partial charge in [0.15, 0.2) is 0 Å². The van der Waals surface area contributed by atoms with Crippen molar-refractivity contribution in [3.05, 3.63) is 35.4 Å². The topological polar surface area (TPSA) is 26.3 Å². The summed E-state index contributed by atoms with van der Waals surface area (Å²) in [6.07, 6.45) is 5.11. The summed E-state index contributed by atoms with van der Waals surface area (Å²) in [5, 5.41) is 0. The molecule has 2 nitrogen and oxygen atoms in total. The number of methoxy groups -OCH3 is 1. The van der Waals surface area contributed by atoms with Crippen LogP contribution in [0, 0.1) is 5.92 Å². The molecule has 0 aromatic heterocycles. The minimum absolute atomic E-state index is 0.239. The van der Waals surface area contributed by atoms with Gasteiger partial charge in [-0.05, 0) is 48.8 Å². The zero-order chi connectivity index (χ0) is 12.3. The van der Waals surface area contributed by atoms with Crippen LogP contribution in [0.3, 0.4) is 0 Å². The van der Waals surface area contributed by atoms with Crippen LogP contribution in [-0.4, -0.2) is 13.1 Å². The second-order valence-corrected chi connectivity index (χ2v) is 4.90. The Balaban J connectivity index is 2.14. The van der Waals surface area contributed by atoms with E-state index in [1.165, 1.54) is 38.4 Å². The Bertz CT molecular complexity index is 398. The number of ether oxygens (including phenoxy) is 1. The van der Waals surface area contributed by atoms with Gasteiger partial charge in [0.1, 0.15) is 0 Å². The maximum atomic E-state index is 11.5. The van der Waals surface area contributed by atoms with Crippen molar-refractivity contribution >= 4 is 5.97 Å². The van der Waals surface area contributed by atoms with E-state index in [2.05, 4.69) is 13.0 Å². The fourth-order valence-corrected chi connectivity index (χ4v) is 2.79. The fourth-order valence-electron chi connectivity index (χ4n) is 2.79. The molecule has 0 saturated heterocycles. The molecule has 2 atom stereocenters. The van der Waals surface area contributed by atoms with E-state index in [9.17, 15) is 4.79 Å². The Hall–Kier alpha value is -1.31. The highest BCUT2D eigenvalue weighted by Crippen LogP contribution is 2.39. The number of carbonyl (C=O) groups is 1. The Labute approximate surface area is 103 Å². The van der Waals surface area contributed by atoms with Gasteiger partial charge in [0.05, 0.1) is 12.7 Å². The number of esters is 1. The fraction of sp³-hybridized carbons (Fsp3) is 0.533. The number of hydrogen-bond acceptors (Lipinski definition) is 2. The minimum atomic E-state index is -0.239. The molecule has 0 heterocycles. The molecular formula is C15H20O2. The third kappa shape index (κ3) is 2.68. The molecular weight excluding hydrogens is 212 g/mol. The highest BCUT2D eigenvalue weighted by atomic mass is 16.5. The SMILES string of the molecule is CCC1CCC(c2cccc(C(=O)OC)c2)C1. The van der Waals surface area contributed by atoms with Crippen LogP contribution < -0.4 is 0 Å². The molecule has 1 aliphatic carbocycles. The molecule has 2 heteroatoms. The van der Waals surface area contributed by atoms with Crippen molar-refractivity contribution in [2.24, 2.45) is 5.92 Å². The summed E-state index contributed by atoms with van der Waals surface area (Å²) in [4.78, 5) is 11.5. The number of rotatable bonds is 3. The zero-order valence-corrected chi connectivity index (χ0v) is 10.6. The van der Waals surface area contributed by atoms with E-state index in [1.807, 2.05) is 18.2 Å². The van der Waals surface area contributed by atoms with Gasteiger partial charge < -0.3 is 4.74 Å². The van der Waals surface area contributed by atoms with E-state index in [0.29, 0.717) is 11.5 Å². The second kappa shape index (κ2) is 5.35. The smallest absolute Gasteiger partial charge is 0.337 e. The number of hydrogen-bond donors (Lipinski definition) is 0. The second-order valence-electron chi connectivity index (χ2n) is 4.90. The average Bonchev–Trinajstić information content (AvgIpc) is 2.86. The summed E-state index contributed by atoms with van der Waals surface area (Å²) in [5.41, 5.74) is 1.97. The molecule has 2 unspecified atom stereocenters. The average molecular weight is 232 g/mol. The molecule has 92 valence electrons. The molecule has 0 amide bonds. The van der Waals surface area contributed by atoms with E-state index in [1.54, 1.807) is 0 Å². The summed E-state index contributed by atoms with van der Waals surface area (Å²) in [6, 6.07) is 7.91. The Morgan fingerprint density at radius 2 is 2.24 bits per heavy atom. The highest BCUT2D eigenvalue weighted by molar-refractivity contribution is 5.89. The van der Waals surface area contributed by atoms with Gasteiger partial charge in [-0.2, -0.15) is 0 Å². The first-order valence-electron chi connectivity index (χ1n) is 6.42. The lowest BCUT2D eigenvalue weighted by Gasteiger charge is -2.11. The largest absolute Gasteiger partial charge is 0.465 e. The quantitative estimate of drug-likeness (QED) is 0.741. The summed E-state index contributed by atoms with van der Waals surface area (Å²) in [7, 11) is 1.43. The zero-order valence-electron chi connectivity index (χ0n) is 10.6. The van der Waals surface area contributed by atoms with E-state index in [4.69, 9.17) is 4.74 Å². The molecule has 1 aromatic carbocycles. The standard InChI is InChI=1S/C15H20O2/c1-3-11-7-8-13(9-11)12-5-4-6-14(10-12)15(16)17-2/h4-6,10-11,13H,3,7-9H2,1-2H3. The van der Waals surface area contributed by atoms with Gasteiger partial charge in [-0.25, -0.2) is 4.79 Å². The van der Waals surface area contributed by atoms with Crippen LogP contribution in [0.1, 0.15) is 54.4 Å². The minimum Gasteiger partial charge on any atom is -0.465 e. The van der Waals surface area contributed by atoms with Crippen LogP contribution in [0.5, 0.6) is 0 Å². The van der Waals surface area contributed by atoms with Gasteiger partial charge in [-0.1, -0.05) is 25.5 Å². The molecule has 17 heavy (non-hydrogen) atoms. The van der Waals surface area contributed by atoms with Gasteiger partial charge in [0.2, 0.25) is 0 Å². The van der Waals surface area contributed by atoms with Gasteiger partial charge in [0, 0.05) is 0 Å². The van der Waals surface area contributed by atoms with Gasteiger partial charge in [-0.15, -0.1) is 0 Å². The van der Waals surface area contributed by atoms with Gasteiger partial charge >= 0.3 is 5.97 Å². The monoisotopic (exact) mass is 232 g/mol. The summed E-state index contributed by atoms with van der Waals surface area (Å²) < 4.78 is 4.76. The first-order valence-corrected chi connectivity index (χ1v) is 6.42.